The largest absolute Gasteiger partial charge is 0.291 e. The number of nitrogens with zero attached hydrogens (tertiary/aromatic N) is 9. The third-order valence-electron chi connectivity index (χ3n) is 23.7. The van der Waals surface area contributed by atoms with Crippen molar-refractivity contribution in [1.82, 2.24) is 44.3 Å². The first-order valence-corrected chi connectivity index (χ1v) is 42.9. The van der Waals surface area contributed by atoms with E-state index in [0.29, 0.717) is 79.8 Å². The summed E-state index contributed by atoms with van der Waals surface area (Å²) >= 11 is 0. The van der Waals surface area contributed by atoms with E-state index in [4.69, 9.17) is 0 Å². The van der Waals surface area contributed by atoms with Crippen LogP contribution in [-0.2, 0) is 48.8 Å². The number of sulfone groups is 3. The van der Waals surface area contributed by atoms with Gasteiger partial charge in [-0.2, -0.15) is 15.3 Å². The molecule has 6 aromatic heterocycles. The molecule has 3 saturated carbocycles. The average Bonchev–Trinajstić information content (AvgIpc) is 1.30. The molecule has 0 N–H and O–H groups in total. The third-order valence-corrected chi connectivity index (χ3v) is 30.3. The number of rotatable bonds is 15. The van der Waals surface area contributed by atoms with E-state index in [1.807, 2.05) is 57.2 Å². The van der Waals surface area contributed by atoms with Crippen LogP contribution in [0.3, 0.4) is 0 Å². The number of halogens is 4. The van der Waals surface area contributed by atoms with Crippen LogP contribution < -0.4 is 0 Å². The molecule has 6 heterocycles. The SMILES string of the molecule is Cc1cc(S(=O)(=O)[C@@H]2CCC3=Cc4c(cnn4-c4ccc(F)cc4)C[C@]3(C(=O)c3ccccn3)C2)ccc1F.Cc1cccc(S(=O)(=O)[C@@H]2CCC3=Cc4c(cnn4-c4ccc(F)cc4)C[C@]3(C(=O)c3cc(C)ccn3)C2)c1.Cc1cccc(S(=O)(=O)[C@@H]2CCC3=Cc4c(cnn4-c4ccc(F)cc4)C[C@]3(C(=O)c3ccccn3)C2)c1. The van der Waals surface area contributed by atoms with E-state index in [1.165, 1.54) is 61.5 Å². The first-order chi connectivity index (χ1) is 55.6. The number of carbonyl (C=O) groups excluding carboxylic acids is 3. The molecule has 588 valence electrons. The van der Waals surface area contributed by atoms with Crippen LogP contribution in [0.25, 0.3) is 35.3 Å². The van der Waals surface area contributed by atoms with Gasteiger partial charge in [-0.25, -0.2) is 56.9 Å². The molecule has 3 fully saturated rings. The minimum atomic E-state index is -3.85. The van der Waals surface area contributed by atoms with Crippen molar-refractivity contribution in [1.29, 1.82) is 0 Å². The number of aryl methyl sites for hydroxylation is 4. The molecule has 18 nitrogen and oxygen atoms in total. The fraction of sp³-hybridized carbons (Fsp3) is 0.242. The second-order valence-corrected chi connectivity index (χ2v) is 37.7. The Balaban J connectivity index is 0.000000131. The van der Waals surface area contributed by atoms with Crippen LogP contribution in [-0.4, -0.2) is 103 Å². The molecule has 6 aromatic carbocycles. The van der Waals surface area contributed by atoms with Crippen molar-refractivity contribution in [2.45, 2.75) is 135 Å². The lowest BCUT2D eigenvalue weighted by Gasteiger charge is -2.43. The van der Waals surface area contributed by atoms with E-state index in [1.54, 1.807) is 166 Å². The highest BCUT2D eigenvalue weighted by atomic mass is 32.2. The molecule has 25 heteroatoms. The van der Waals surface area contributed by atoms with Gasteiger partial charge in [0.05, 0.1) is 99.4 Å². The monoisotopic (exact) mass is 1610 g/mol. The quantitative estimate of drug-likeness (QED) is 0.0526. The summed E-state index contributed by atoms with van der Waals surface area (Å²) < 4.78 is 143. The summed E-state index contributed by atoms with van der Waals surface area (Å²) in [5.41, 5.74) is 10.3. The Kier molecular flexibility index (Phi) is 20.7. The van der Waals surface area contributed by atoms with E-state index in [2.05, 4.69) is 30.2 Å². The topological polar surface area (TPSA) is 246 Å². The van der Waals surface area contributed by atoms with Crippen molar-refractivity contribution >= 4 is 65.1 Å². The van der Waals surface area contributed by atoms with Crippen molar-refractivity contribution < 1.29 is 57.2 Å². The fourth-order valence-corrected chi connectivity index (χ4v) is 23.5. The van der Waals surface area contributed by atoms with E-state index in [9.17, 15) is 57.2 Å². The minimum absolute atomic E-state index is 0.0555. The lowest BCUT2D eigenvalue weighted by atomic mass is 9.61. The molecule has 0 unspecified atom stereocenters. The minimum Gasteiger partial charge on any atom is -0.291 e. The van der Waals surface area contributed by atoms with Crippen LogP contribution in [0, 0.1) is 67.2 Å². The van der Waals surface area contributed by atoms with Crippen LogP contribution >= 0.6 is 0 Å². The number of hydrogen-bond acceptors (Lipinski definition) is 15. The standard InChI is InChI=1S/C31H28FN3O3S.C30H25F2N3O3S.C30H26FN3O3S/c1-20-4-3-5-26(14-20)39(37,38)27-11-6-23-16-29-22(19-34-35(29)25-9-7-24(32)8-10-25)17-31(23,18-27)30(36)28-15-21(2)12-13-33-28;1-19-14-24(11-12-26(19)32)39(37,38)25-10-5-21-15-28-20(18-34-35(28)23-8-6-22(31)7-9-23)16-30(21,17-25)29(36)27-4-2-3-13-33-27;1-20-5-4-6-25(15-20)38(36,37)26-13-8-22-16-28-21(19-33-34(28)24-11-9-23(31)10-12-24)17-30(22,18-26)29(35)27-7-2-3-14-32-27/h3-5,7-10,12-16,19,27H,6,11,17-18H2,1-2H3;2-4,6-9,11-15,18,25H,5,10,16-17H2,1H3;2-7,9-12,14-16,19,26H,8,13,17-18H2,1H3/t27-,31+;25-,30+;26-,30+/m111/s1. The summed E-state index contributed by atoms with van der Waals surface area (Å²) in [6.07, 6.45) is 19.6. The number of benzene rings is 6. The molecule has 6 atom stereocenters. The average molecular weight is 1610 g/mol. The number of Topliss-reactive ketones (excluding diaryl/α,β-unsaturated/α-hetero) is 3. The second kappa shape index (κ2) is 30.8. The Bertz CT molecular complexity index is 6370. The molecule has 0 radical (unpaired) electrons. The zero-order valence-corrected chi connectivity index (χ0v) is 66.2. The van der Waals surface area contributed by atoms with Crippen LogP contribution in [0.15, 0.2) is 257 Å². The summed E-state index contributed by atoms with van der Waals surface area (Å²) in [4.78, 5) is 56.3. The molecule has 12 aromatic rings. The van der Waals surface area contributed by atoms with E-state index in [-0.39, 0.29) is 86.4 Å². The van der Waals surface area contributed by atoms with Crippen LogP contribution in [0.2, 0.25) is 0 Å². The van der Waals surface area contributed by atoms with E-state index >= 15 is 0 Å². The van der Waals surface area contributed by atoms with Gasteiger partial charge in [0.2, 0.25) is 0 Å². The number of fused-ring (bicyclic) bond motifs is 6. The lowest BCUT2D eigenvalue weighted by molar-refractivity contribution is 0.0790. The van der Waals surface area contributed by atoms with Gasteiger partial charge in [-0.15, -0.1) is 0 Å². The van der Waals surface area contributed by atoms with E-state index < -0.39 is 67.3 Å². The number of hydrogen-bond donors (Lipinski definition) is 0. The highest BCUT2D eigenvalue weighted by Crippen LogP contribution is 2.56. The molecule has 0 bridgehead atoms. The number of carbonyl (C=O) groups is 3. The summed E-state index contributed by atoms with van der Waals surface area (Å²) in [6.45, 7) is 7.18. The maximum absolute atomic E-state index is 14.3. The van der Waals surface area contributed by atoms with Crippen molar-refractivity contribution in [2.75, 3.05) is 0 Å². The van der Waals surface area contributed by atoms with Gasteiger partial charge in [0.1, 0.15) is 40.4 Å². The van der Waals surface area contributed by atoms with Gasteiger partial charge < -0.3 is 0 Å². The Morgan fingerprint density at radius 2 is 0.716 bits per heavy atom. The molecule has 116 heavy (non-hydrogen) atoms. The smallest absolute Gasteiger partial charge is 0.191 e. The third kappa shape index (κ3) is 14.4. The molecule has 0 aliphatic heterocycles. The number of ketones is 3. The fourth-order valence-electron chi connectivity index (χ4n) is 17.7. The molecule has 0 amide bonds. The molecule has 18 rings (SSSR count). The molecule has 6 aliphatic carbocycles. The van der Waals surface area contributed by atoms with E-state index in [0.717, 1.165) is 67.2 Å². The van der Waals surface area contributed by atoms with Gasteiger partial charge in [-0.1, -0.05) is 53.1 Å². The predicted molar refractivity (Wildman–Crippen MR) is 431 cm³/mol. The van der Waals surface area contributed by atoms with Crippen molar-refractivity contribution in [3.05, 3.63) is 338 Å². The van der Waals surface area contributed by atoms with Crippen LogP contribution in [0.5, 0.6) is 0 Å². The first kappa shape index (κ1) is 78.1. The zero-order chi connectivity index (χ0) is 81.2. The molecule has 0 saturated heterocycles. The van der Waals surface area contributed by atoms with Gasteiger partial charge in [0.15, 0.2) is 46.9 Å². The number of pyridine rings is 3. The number of allylic oxidation sites excluding steroid dienone is 3. The maximum atomic E-state index is 14.3. The Hall–Kier alpha value is -11.8. The van der Waals surface area contributed by atoms with Crippen molar-refractivity contribution in [3.63, 3.8) is 0 Å². The van der Waals surface area contributed by atoms with Crippen molar-refractivity contribution in [2.24, 2.45) is 16.2 Å². The first-order valence-electron chi connectivity index (χ1n) is 38.3. The molecular weight excluding hydrogens is 1540 g/mol. The normalized spacial score (nSPS) is 20.7. The summed E-state index contributed by atoms with van der Waals surface area (Å²) in [7, 11) is -11.2. The van der Waals surface area contributed by atoms with Crippen molar-refractivity contribution in [3.8, 4) is 17.1 Å². The van der Waals surface area contributed by atoms with Crippen LogP contribution in [0.4, 0.5) is 17.6 Å². The number of aromatic nitrogens is 9. The van der Waals surface area contributed by atoms with Gasteiger partial charge in [0.25, 0.3) is 0 Å². The zero-order valence-electron chi connectivity index (χ0n) is 63.7. The Morgan fingerprint density at radius 1 is 0.371 bits per heavy atom. The molecule has 0 spiro atoms. The Morgan fingerprint density at radius 3 is 1.05 bits per heavy atom. The predicted octanol–water partition coefficient (Wildman–Crippen LogP) is 17.1. The van der Waals surface area contributed by atoms with Gasteiger partial charge in [-0.05, 0) is 314 Å². The summed E-state index contributed by atoms with van der Waals surface area (Å²) in [5, 5.41) is 11.4. The summed E-state index contributed by atoms with van der Waals surface area (Å²) in [5.74, 6) is -2.06. The maximum Gasteiger partial charge on any atom is 0.191 e. The molecule has 6 aliphatic rings. The Labute approximate surface area is 669 Å². The van der Waals surface area contributed by atoms with Gasteiger partial charge in [-0.3, -0.25) is 29.3 Å². The van der Waals surface area contributed by atoms with Gasteiger partial charge >= 0.3 is 0 Å². The van der Waals surface area contributed by atoms with Crippen LogP contribution in [0.1, 0.15) is 145 Å². The molecular formula is C91H79F4N9O9S3. The highest BCUT2D eigenvalue weighted by Gasteiger charge is 2.56. The van der Waals surface area contributed by atoms with Gasteiger partial charge in [0, 0.05) is 18.6 Å². The lowest BCUT2D eigenvalue weighted by Crippen LogP contribution is -2.45. The summed E-state index contributed by atoms with van der Waals surface area (Å²) in [6, 6.07) is 49.8. The second-order valence-electron chi connectivity index (χ2n) is 31.0. The highest BCUT2D eigenvalue weighted by molar-refractivity contribution is 7.92.